The van der Waals surface area contributed by atoms with Crippen LogP contribution in [0, 0.1) is 38.7 Å². The molecule has 2 saturated carbocycles. The van der Waals surface area contributed by atoms with E-state index < -0.39 is 63.5 Å². The van der Waals surface area contributed by atoms with E-state index in [0.717, 1.165) is 0 Å². The first-order valence-electron chi connectivity index (χ1n) is 12.9. The second kappa shape index (κ2) is 9.62. The van der Waals surface area contributed by atoms with Gasteiger partial charge in [0.25, 0.3) is 11.6 Å². The zero-order valence-corrected chi connectivity index (χ0v) is 21.9. The van der Waals surface area contributed by atoms with Gasteiger partial charge >= 0.3 is 11.9 Å². The highest BCUT2D eigenvalue weighted by molar-refractivity contribution is 6.00. The molecule has 0 radical (unpaired) electrons. The van der Waals surface area contributed by atoms with Crippen molar-refractivity contribution >= 4 is 29.3 Å². The van der Waals surface area contributed by atoms with Gasteiger partial charge in [0.05, 0.1) is 42.4 Å². The summed E-state index contributed by atoms with van der Waals surface area (Å²) < 4.78 is 16.1. The van der Waals surface area contributed by atoms with Crippen molar-refractivity contribution in [1.29, 1.82) is 0 Å². The monoisotopic (exact) mass is 538 g/mol. The molecule has 1 aromatic heterocycles. The molecule has 1 amide bonds. The fourth-order valence-corrected chi connectivity index (χ4v) is 7.30. The van der Waals surface area contributed by atoms with E-state index in [1.54, 1.807) is 6.07 Å². The molecule has 1 aromatic carbocycles. The highest BCUT2D eigenvalue weighted by atomic mass is 16.6. The van der Waals surface area contributed by atoms with Crippen LogP contribution in [0.15, 0.2) is 47.3 Å². The summed E-state index contributed by atoms with van der Waals surface area (Å²) in [6.45, 7) is 3.81. The molecule has 39 heavy (non-hydrogen) atoms. The van der Waals surface area contributed by atoms with Crippen LogP contribution in [0.5, 0.6) is 0 Å². The molecule has 1 saturated heterocycles. The van der Waals surface area contributed by atoms with E-state index >= 15 is 0 Å². The number of fused-ring (bicyclic) bond motifs is 3. The van der Waals surface area contributed by atoms with E-state index in [2.05, 4.69) is 5.32 Å². The van der Waals surface area contributed by atoms with Crippen LogP contribution < -0.4 is 5.32 Å². The van der Waals surface area contributed by atoms with Crippen molar-refractivity contribution in [2.75, 3.05) is 7.11 Å². The number of furan rings is 1. The number of cyclic esters (lactones) is 1. The van der Waals surface area contributed by atoms with Crippen molar-refractivity contribution in [3.05, 3.63) is 64.1 Å². The van der Waals surface area contributed by atoms with Crippen molar-refractivity contribution in [2.24, 2.45) is 28.6 Å². The van der Waals surface area contributed by atoms with Crippen LogP contribution in [0.25, 0.3) is 0 Å². The number of nitrogens with one attached hydrogen (secondary N) is 1. The minimum absolute atomic E-state index is 0.0492. The van der Waals surface area contributed by atoms with E-state index in [0.29, 0.717) is 24.8 Å². The summed E-state index contributed by atoms with van der Waals surface area (Å²) in [5, 5.41) is 13.7. The molecule has 1 N–H and O–H groups in total. The van der Waals surface area contributed by atoms with E-state index in [-0.39, 0.29) is 23.5 Å². The van der Waals surface area contributed by atoms with Crippen LogP contribution in [-0.2, 0) is 23.9 Å². The molecule has 5 rings (SSSR count). The third-order valence-electron chi connectivity index (χ3n) is 9.20. The third kappa shape index (κ3) is 4.29. The molecule has 2 aliphatic carbocycles. The lowest BCUT2D eigenvalue weighted by atomic mass is 9.43. The Hall–Kier alpha value is -4.02. The number of methoxy groups -OCH3 is 1. The fourth-order valence-electron chi connectivity index (χ4n) is 7.30. The number of hydrogen-bond acceptors (Lipinski definition) is 9. The van der Waals surface area contributed by atoms with Gasteiger partial charge < -0.3 is 19.2 Å². The zero-order chi connectivity index (χ0) is 28.1. The summed E-state index contributed by atoms with van der Waals surface area (Å²) >= 11 is 0. The molecule has 7 unspecified atom stereocenters. The second-order valence-corrected chi connectivity index (χ2v) is 11.3. The minimum atomic E-state index is -1.02. The summed E-state index contributed by atoms with van der Waals surface area (Å²) in [6.07, 6.45) is 3.69. The molecule has 11 nitrogen and oxygen atoms in total. The van der Waals surface area contributed by atoms with E-state index in [1.807, 2.05) is 13.8 Å². The van der Waals surface area contributed by atoms with Gasteiger partial charge in [0.1, 0.15) is 6.10 Å². The van der Waals surface area contributed by atoms with Gasteiger partial charge in [-0.3, -0.25) is 29.3 Å². The number of carbonyl (C=O) groups is 4. The Morgan fingerprint density at radius 1 is 1.13 bits per heavy atom. The van der Waals surface area contributed by atoms with Crippen LogP contribution in [0.4, 0.5) is 5.69 Å². The number of benzene rings is 1. The Labute approximate surface area is 224 Å². The van der Waals surface area contributed by atoms with Crippen molar-refractivity contribution in [3.63, 3.8) is 0 Å². The van der Waals surface area contributed by atoms with Gasteiger partial charge in [-0.25, -0.2) is 0 Å². The Balaban J connectivity index is 1.51. The van der Waals surface area contributed by atoms with Gasteiger partial charge in [-0.1, -0.05) is 13.8 Å². The smallest absolute Gasteiger partial charge is 0.310 e. The zero-order valence-electron chi connectivity index (χ0n) is 21.9. The van der Waals surface area contributed by atoms with Gasteiger partial charge in [-0.15, -0.1) is 0 Å². The molecule has 1 aliphatic heterocycles. The second-order valence-electron chi connectivity index (χ2n) is 11.3. The van der Waals surface area contributed by atoms with Gasteiger partial charge in [-0.2, -0.15) is 0 Å². The molecular weight excluding hydrogens is 508 g/mol. The van der Waals surface area contributed by atoms with Crippen molar-refractivity contribution < 1.29 is 38.0 Å². The van der Waals surface area contributed by atoms with Crippen LogP contribution >= 0.6 is 0 Å². The number of nitro benzene ring substituents is 1. The lowest BCUT2D eigenvalue weighted by Crippen LogP contribution is -2.66. The normalized spacial score (nSPS) is 33.8. The average Bonchev–Trinajstić information content (AvgIpc) is 3.44. The topological polar surface area (TPSA) is 155 Å². The molecule has 206 valence electrons. The number of nitrogens with zero attached hydrogens (tertiary/aromatic N) is 1. The van der Waals surface area contributed by atoms with Crippen LogP contribution in [-0.4, -0.2) is 41.7 Å². The summed E-state index contributed by atoms with van der Waals surface area (Å²) in [7, 11) is 1.29. The van der Waals surface area contributed by atoms with Crippen molar-refractivity contribution in [3.8, 4) is 0 Å². The Bertz CT molecular complexity index is 1320. The number of Topliss-reactive ketones (excluding diaryl/α,β-unsaturated/α-hetero) is 1. The molecular formula is C28H30N2O9. The van der Waals surface area contributed by atoms with E-state index in [1.165, 1.54) is 43.9 Å². The quantitative estimate of drug-likeness (QED) is 0.340. The number of nitro groups is 1. The number of carbonyl (C=O) groups excluding carboxylic acids is 4. The Morgan fingerprint density at radius 3 is 2.46 bits per heavy atom. The van der Waals surface area contributed by atoms with Gasteiger partial charge in [0.15, 0.2) is 5.78 Å². The maximum Gasteiger partial charge on any atom is 0.310 e. The number of esters is 2. The van der Waals surface area contributed by atoms with Gasteiger partial charge in [0.2, 0.25) is 0 Å². The molecule has 3 fully saturated rings. The third-order valence-corrected chi connectivity index (χ3v) is 9.20. The summed E-state index contributed by atoms with van der Waals surface area (Å²) in [4.78, 5) is 64.1. The van der Waals surface area contributed by atoms with Crippen molar-refractivity contribution in [2.45, 2.75) is 51.7 Å². The van der Waals surface area contributed by atoms with Crippen LogP contribution in [0.2, 0.25) is 0 Å². The number of ether oxygens (including phenoxy) is 2. The van der Waals surface area contributed by atoms with Crippen LogP contribution in [0.1, 0.15) is 61.6 Å². The lowest BCUT2D eigenvalue weighted by molar-refractivity contribution is -0.384. The number of ketones is 1. The molecule has 0 spiro atoms. The molecule has 0 bridgehead atoms. The van der Waals surface area contributed by atoms with E-state index in [9.17, 15) is 29.3 Å². The SMILES string of the molecule is COC(=O)C1CC(NC(=O)c2ccc([N+](=O)[O-])cc2)C(=O)C2C1(C)CCC1C(=O)OC(c3ccoc3)CC12C. The number of rotatable bonds is 5. The van der Waals surface area contributed by atoms with Crippen molar-refractivity contribution in [1.82, 2.24) is 5.32 Å². The number of non-ortho nitro benzene ring substituents is 1. The molecule has 2 aromatic rings. The molecule has 7 atom stereocenters. The summed E-state index contributed by atoms with van der Waals surface area (Å²) in [6, 6.07) is 5.75. The van der Waals surface area contributed by atoms with Gasteiger partial charge in [-0.05, 0) is 54.7 Å². The predicted octanol–water partition coefficient (Wildman–Crippen LogP) is 3.78. The molecule has 3 aliphatic rings. The first-order chi connectivity index (χ1) is 18.5. The van der Waals surface area contributed by atoms with Crippen LogP contribution in [0.3, 0.4) is 0 Å². The minimum Gasteiger partial charge on any atom is -0.472 e. The maximum absolute atomic E-state index is 14.3. The fraction of sp³-hybridized carbons (Fsp3) is 0.500. The summed E-state index contributed by atoms with van der Waals surface area (Å²) in [5.41, 5.74) is -0.997. The molecule has 2 heterocycles. The first kappa shape index (κ1) is 26.6. The maximum atomic E-state index is 14.3. The lowest BCUT2D eigenvalue weighted by Gasteiger charge is -2.61. The highest BCUT2D eigenvalue weighted by Crippen LogP contribution is 2.65. The first-order valence-corrected chi connectivity index (χ1v) is 12.9. The molecule has 11 heteroatoms. The largest absolute Gasteiger partial charge is 0.472 e. The number of amides is 1. The number of hydrogen-bond donors (Lipinski definition) is 1. The Kier molecular flexibility index (Phi) is 6.56. The Morgan fingerprint density at radius 2 is 1.85 bits per heavy atom. The highest BCUT2D eigenvalue weighted by Gasteiger charge is 2.67. The average molecular weight is 539 g/mol. The summed E-state index contributed by atoms with van der Waals surface area (Å²) in [5.74, 6) is -3.70. The van der Waals surface area contributed by atoms with Gasteiger partial charge in [0, 0.05) is 29.2 Å². The standard InChI is InChI=1S/C28H30N2O9/c1-27-10-8-18-26(34)39-21(16-9-11-38-14-16)13-28(18,2)23(27)22(31)20(12-19(27)25(33)37-3)29-24(32)15-4-6-17(7-5-15)30(35)36/h4-7,9,11,14,18-21,23H,8,10,12-13H2,1-3H3,(H,29,32). The predicted molar refractivity (Wildman–Crippen MR) is 134 cm³/mol. The van der Waals surface area contributed by atoms with E-state index in [4.69, 9.17) is 13.9 Å².